The number of aliphatic hydroxyl groups excluding tert-OH is 1. The number of rotatable bonds is 3. The highest BCUT2D eigenvalue weighted by Gasteiger charge is 2.44. The van der Waals surface area contributed by atoms with Crippen molar-refractivity contribution in [1.29, 1.82) is 0 Å². The third-order valence-electron chi connectivity index (χ3n) is 3.42. The van der Waals surface area contributed by atoms with Crippen LogP contribution in [0.15, 0.2) is 21.2 Å². The van der Waals surface area contributed by atoms with Gasteiger partial charge < -0.3 is 15.3 Å². The normalized spacial score (nSPS) is 21.8. The molecule has 1 saturated carbocycles. The quantitative estimate of drug-likeness (QED) is 0.888. The first-order chi connectivity index (χ1) is 7.19. The molecule has 15 heavy (non-hydrogen) atoms. The lowest BCUT2D eigenvalue weighted by Crippen LogP contribution is -2.41. The third kappa shape index (κ3) is 1.86. The molecule has 0 aliphatic heterocycles. The second-order valence-electron chi connectivity index (χ2n) is 4.22. The summed E-state index contributed by atoms with van der Waals surface area (Å²) in [6.07, 6.45) is 3.69. The average molecular weight is 274 g/mol. The van der Waals surface area contributed by atoms with E-state index in [0.29, 0.717) is 4.67 Å². The molecule has 1 unspecified atom stereocenters. The van der Waals surface area contributed by atoms with Crippen LogP contribution in [0, 0.1) is 0 Å². The Morgan fingerprint density at radius 1 is 1.47 bits per heavy atom. The zero-order valence-electron chi connectivity index (χ0n) is 8.58. The van der Waals surface area contributed by atoms with Crippen LogP contribution in [0.3, 0.4) is 0 Å². The number of aliphatic hydroxyl groups is 1. The Balaban J connectivity index is 2.34. The van der Waals surface area contributed by atoms with Gasteiger partial charge in [0, 0.05) is 6.54 Å². The standard InChI is InChI=1S/C11H16BrNO2/c12-10-4-3-9(15-10)11(8(14)7-13)5-1-2-6-11/h3-4,8,14H,1-2,5-7,13H2. The van der Waals surface area contributed by atoms with Crippen LogP contribution in [0.25, 0.3) is 0 Å². The maximum Gasteiger partial charge on any atom is 0.169 e. The summed E-state index contributed by atoms with van der Waals surface area (Å²) in [5.41, 5.74) is 5.33. The highest BCUT2D eigenvalue weighted by molar-refractivity contribution is 9.10. The Kier molecular flexibility index (Phi) is 3.19. The van der Waals surface area contributed by atoms with Crippen LogP contribution >= 0.6 is 15.9 Å². The molecule has 0 aromatic carbocycles. The first-order valence-electron chi connectivity index (χ1n) is 5.33. The van der Waals surface area contributed by atoms with Crippen LogP contribution in [-0.4, -0.2) is 17.8 Å². The highest BCUT2D eigenvalue weighted by atomic mass is 79.9. The maximum atomic E-state index is 10.1. The predicted octanol–water partition coefficient (Wildman–Crippen LogP) is 2.17. The molecule has 1 fully saturated rings. The molecule has 3 N–H and O–H groups in total. The van der Waals surface area contributed by atoms with E-state index in [2.05, 4.69) is 15.9 Å². The van der Waals surface area contributed by atoms with Crippen molar-refractivity contribution in [3.63, 3.8) is 0 Å². The Bertz CT molecular complexity index is 331. The van der Waals surface area contributed by atoms with E-state index in [1.165, 1.54) is 0 Å². The zero-order valence-corrected chi connectivity index (χ0v) is 10.2. The summed E-state index contributed by atoms with van der Waals surface area (Å²) in [4.78, 5) is 0. The average Bonchev–Trinajstić information content (AvgIpc) is 2.85. The number of hydrogen-bond acceptors (Lipinski definition) is 3. The summed E-state index contributed by atoms with van der Waals surface area (Å²) in [7, 11) is 0. The molecule has 4 heteroatoms. The van der Waals surface area contributed by atoms with Gasteiger partial charge in [0.25, 0.3) is 0 Å². The fourth-order valence-corrected chi connectivity index (χ4v) is 2.86. The van der Waals surface area contributed by atoms with Gasteiger partial charge in [0.1, 0.15) is 5.76 Å². The smallest absolute Gasteiger partial charge is 0.169 e. The first kappa shape index (κ1) is 11.2. The van der Waals surface area contributed by atoms with E-state index >= 15 is 0 Å². The van der Waals surface area contributed by atoms with Crippen LogP contribution < -0.4 is 5.73 Å². The van der Waals surface area contributed by atoms with Crippen LogP contribution in [0.5, 0.6) is 0 Å². The van der Waals surface area contributed by atoms with Gasteiger partial charge in [0.05, 0.1) is 11.5 Å². The molecule has 0 spiro atoms. The van der Waals surface area contributed by atoms with Gasteiger partial charge >= 0.3 is 0 Å². The van der Waals surface area contributed by atoms with Crippen LogP contribution in [0.4, 0.5) is 0 Å². The second kappa shape index (κ2) is 4.28. The van der Waals surface area contributed by atoms with Crippen molar-refractivity contribution in [2.24, 2.45) is 5.73 Å². The summed E-state index contributed by atoms with van der Waals surface area (Å²) in [6, 6.07) is 3.81. The zero-order chi connectivity index (χ0) is 10.9. The maximum absolute atomic E-state index is 10.1. The first-order valence-corrected chi connectivity index (χ1v) is 6.12. The van der Waals surface area contributed by atoms with Gasteiger partial charge in [0.15, 0.2) is 4.67 Å². The Labute approximate surface area is 97.8 Å². The van der Waals surface area contributed by atoms with Crippen LogP contribution in [0.1, 0.15) is 31.4 Å². The van der Waals surface area contributed by atoms with Gasteiger partial charge in [-0.3, -0.25) is 0 Å². The van der Waals surface area contributed by atoms with Crippen molar-refractivity contribution < 1.29 is 9.52 Å². The van der Waals surface area contributed by atoms with Crippen molar-refractivity contribution in [3.8, 4) is 0 Å². The minimum absolute atomic E-state index is 0.249. The van der Waals surface area contributed by atoms with Crippen LogP contribution in [-0.2, 0) is 5.41 Å². The van der Waals surface area contributed by atoms with E-state index in [9.17, 15) is 5.11 Å². The van der Waals surface area contributed by atoms with Gasteiger partial charge in [-0.15, -0.1) is 0 Å². The molecule has 0 amide bonds. The fraction of sp³-hybridized carbons (Fsp3) is 0.636. The monoisotopic (exact) mass is 273 g/mol. The minimum Gasteiger partial charge on any atom is -0.454 e. The summed E-state index contributed by atoms with van der Waals surface area (Å²) in [6.45, 7) is 0.290. The van der Waals surface area contributed by atoms with E-state index in [-0.39, 0.29) is 12.0 Å². The molecule has 2 rings (SSSR count). The van der Waals surface area contributed by atoms with E-state index in [1.807, 2.05) is 12.1 Å². The molecule has 0 bridgehead atoms. The third-order valence-corrected chi connectivity index (χ3v) is 3.85. The Morgan fingerprint density at radius 2 is 2.13 bits per heavy atom. The number of nitrogens with two attached hydrogens (primary N) is 1. The molecular weight excluding hydrogens is 258 g/mol. The number of halogens is 1. The topological polar surface area (TPSA) is 59.4 Å². The molecule has 1 aliphatic rings. The Morgan fingerprint density at radius 3 is 2.60 bits per heavy atom. The van der Waals surface area contributed by atoms with Crippen molar-refractivity contribution in [3.05, 3.63) is 22.6 Å². The van der Waals surface area contributed by atoms with E-state index in [0.717, 1.165) is 31.4 Å². The Hall–Kier alpha value is -0.320. The van der Waals surface area contributed by atoms with Crippen molar-refractivity contribution in [2.45, 2.75) is 37.2 Å². The van der Waals surface area contributed by atoms with Crippen molar-refractivity contribution in [2.75, 3.05) is 6.54 Å². The molecule has 1 aliphatic carbocycles. The minimum atomic E-state index is -0.502. The molecule has 1 heterocycles. The SMILES string of the molecule is NCC(O)C1(c2ccc(Br)o2)CCCC1. The number of hydrogen-bond donors (Lipinski definition) is 2. The second-order valence-corrected chi connectivity index (χ2v) is 5.00. The van der Waals surface area contributed by atoms with Gasteiger partial charge in [-0.25, -0.2) is 0 Å². The van der Waals surface area contributed by atoms with Gasteiger partial charge in [-0.05, 0) is 40.9 Å². The number of furan rings is 1. The lowest BCUT2D eigenvalue weighted by atomic mass is 9.78. The fourth-order valence-electron chi connectivity index (χ4n) is 2.56. The largest absolute Gasteiger partial charge is 0.454 e. The van der Waals surface area contributed by atoms with Crippen molar-refractivity contribution >= 4 is 15.9 Å². The molecule has 1 aromatic heterocycles. The summed E-state index contributed by atoms with van der Waals surface area (Å²) < 4.78 is 6.31. The molecule has 1 atom stereocenters. The van der Waals surface area contributed by atoms with E-state index in [4.69, 9.17) is 10.2 Å². The van der Waals surface area contributed by atoms with Gasteiger partial charge in [-0.1, -0.05) is 12.8 Å². The highest BCUT2D eigenvalue weighted by Crippen LogP contribution is 2.44. The molecule has 84 valence electrons. The van der Waals surface area contributed by atoms with Crippen LogP contribution in [0.2, 0.25) is 0 Å². The molecule has 1 aromatic rings. The summed E-state index contributed by atoms with van der Waals surface area (Å²) in [5.74, 6) is 0.866. The van der Waals surface area contributed by atoms with E-state index in [1.54, 1.807) is 0 Å². The predicted molar refractivity (Wildman–Crippen MR) is 61.6 cm³/mol. The lowest BCUT2D eigenvalue weighted by Gasteiger charge is -2.31. The summed E-state index contributed by atoms with van der Waals surface area (Å²) in [5, 5.41) is 10.1. The van der Waals surface area contributed by atoms with Gasteiger partial charge in [-0.2, -0.15) is 0 Å². The molecule has 3 nitrogen and oxygen atoms in total. The molecule has 0 radical (unpaired) electrons. The van der Waals surface area contributed by atoms with Gasteiger partial charge in [0.2, 0.25) is 0 Å². The summed E-state index contributed by atoms with van der Waals surface area (Å²) >= 11 is 3.29. The lowest BCUT2D eigenvalue weighted by molar-refractivity contribution is 0.0752. The molecular formula is C11H16BrNO2. The van der Waals surface area contributed by atoms with E-state index < -0.39 is 6.10 Å². The molecule has 0 saturated heterocycles. The van der Waals surface area contributed by atoms with Crippen molar-refractivity contribution in [1.82, 2.24) is 0 Å².